The highest BCUT2D eigenvalue weighted by Crippen LogP contribution is 2.26. The van der Waals surface area contributed by atoms with E-state index in [0.717, 1.165) is 0 Å². The monoisotopic (exact) mass is 459 g/mol. The quantitative estimate of drug-likeness (QED) is 0.557. The minimum Gasteiger partial charge on any atom is -0.497 e. The van der Waals surface area contributed by atoms with Crippen LogP contribution in [0.3, 0.4) is 0 Å². The number of anilines is 1. The van der Waals surface area contributed by atoms with Crippen LogP contribution in [0.2, 0.25) is 0 Å². The third kappa shape index (κ3) is 4.95. The number of benzene rings is 2. The van der Waals surface area contributed by atoms with E-state index in [0.29, 0.717) is 43.4 Å². The Morgan fingerprint density at radius 2 is 1.75 bits per heavy atom. The first kappa shape index (κ1) is 22.3. The molecule has 4 rings (SSSR count). The average Bonchev–Trinajstić information content (AvgIpc) is 3.35. The number of methoxy groups -OCH3 is 1. The van der Waals surface area contributed by atoms with E-state index >= 15 is 0 Å². The predicted molar refractivity (Wildman–Crippen MR) is 120 cm³/mol. The fourth-order valence-electron chi connectivity index (χ4n) is 3.90. The minimum atomic E-state index is -3.70. The van der Waals surface area contributed by atoms with Crippen molar-refractivity contribution < 1.29 is 22.0 Å². The second-order valence-corrected chi connectivity index (χ2v) is 9.30. The molecule has 1 fully saturated rings. The molecule has 0 radical (unpaired) electrons. The molecule has 2 aromatic carbocycles. The number of ether oxygens (including phenoxy) is 1. The van der Waals surface area contributed by atoms with Crippen LogP contribution < -0.4 is 14.4 Å². The first-order valence-electron chi connectivity index (χ1n) is 10.4. The lowest BCUT2D eigenvalue weighted by molar-refractivity contribution is 0.166. The Morgan fingerprint density at radius 3 is 2.38 bits per heavy atom. The van der Waals surface area contributed by atoms with Crippen molar-refractivity contribution in [2.24, 2.45) is 0 Å². The number of hydrogen-bond acceptors (Lipinski definition) is 6. The summed E-state index contributed by atoms with van der Waals surface area (Å²) >= 11 is 0. The van der Waals surface area contributed by atoms with E-state index < -0.39 is 10.0 Å². The second kappa shape index (κ2) is 9.72. The average molecular weight is 460 g/mol. The second-order valence-electron chi connectivity index (χ2n) is 7.53. The van der Waals surface area contributed by atoms with Crippen LogP contribution in [0.1, 0.15) is 11.8 Å². The number of furan rings is 1. The van der Waals surface area contributed by atoms with E-state index in [2.05, 4.69) is 9.62 Å². The van der Waals surface area contributed by atoms with Gasteiger partial charge < -0.3 is 14.1 Å². The summed E-state index contributed by atoms with van der Waals surface area (Å²) in [5, 5.41) is 0. The normalized spacial score (nSPS) is 16.1. The molecule has 0 unspecified atom stereocenters. The van der Waals surface area contributed by atoms with Gasteiger partial charge in [-0.15, -0.1) is 0 Å². The molecule has 7 nitrogen and oxygen atoms in total. The van der Waals surface area contributed by atoms with Crippen LogP contribution in [0.25, 0.3) is 0 Å². The lowest BCUT2D eigenvalue weighted by Gasteiger charge is -2.39. The topological polar surface area (TPSA) is 75.0 Å². The van der Waals surface area contributed by atoms with Crippen molar-refractivity contribution in [1.29, 1.82) is 0 Å². The van der Waals surface area contributed by atoms with Gasteiger partial charge >= 0.3 is 0 Å². The molecule has 0 bridgehead atoms. The van der Waals surface area contributed by atoms with Gasteiger partial charge in [-0.1, -0.05) is 12.1 Å². The molecule has 1 saturated heterocycles. The van der Waals surface area contributed by atoms with E-state index in [9.17, 15) is 12.8 Å². The lowest BCUT2D eigenvalue weighted by Crippen LogP contribution is -2.50. The van der Waals surface area contributed by atoms with E-state index in [4.69, 9.17) is 9.15 Å². The SMILES string of the molecule is COc1ccc(S(=O)(=O)NC[C@H](c2ccco2)N2CCN(c3ccccc3F)CC2)cc1. The summed E-state index contributed by atoms with van der Waals surface area (Å²) < 4.78 is 53.2. The zero-order valence-corrected chi connectivity index (χ0v) is 18.6. The smallest absolute Gasteiger partial charge is 0.240 e. The van der Waals surface area contributed by atoms with Gasteiger partial charge in [0.05, 0.1) is 30.0 Å². The minimum absolute atomic E-state index is 0.154. The standard InChI is InChI=1S/C23H26FN3O4S/c1-30-18-8-10-19(11-9-18)32(28,29)25-17-22(23-7-4-16-31-23)27-14-12-26(13-15-27)21-6-3-2-5-20(21)24/h2-11,16,22,25H,12-15,17H2,1H3/t22-/m1/s1. The summed E-state index contributed by atoms with van der Waals surface area (Å²) in [6.45, 7) is 2.70. The highest BCUT2D eigenvalue weighted by molar-refractivity contribution is 7.89. The van der Waals surface area contributed by atoms with Crippen molar-refractivity contribution in [3.8, 4) is 5.75 Å². The van der Waals surface area contributed by atoms with Crippen LogP contribution in [-0.4, -0.2) is 53.2 Å². The lowest BCUT2D eigenvalue weighted by atomic mass is 10.1. The number of piperazine rings is 1. The number of rotatable bonds is 8. The number of nitrogens with zero attached hydrogens (tertiary/aromatic N) is 2. The third-order valence-electron chi connectivity index (χ3n) is 5.66. The summed E-state index contributed by atoms with van der Waals surface area (Å²) in [6.07, 6.45) is 1.58. The maximum absolute atomic E-state index is 14.2. The zero-order valence-electron chi connectivity index (χ0n) is 17.8. The van der Waals surface area contributed by atoms with Crippen molar-refractivity contribution in [2.75, 3.05) is 44.7 Å². The summed E-state index contributed by atoms with van der Waals surface area (Å²) in [4.78, 5) is 4.33. The maximum Gasteiger partial charge on any atom is 0.240 e. The molecule has 0 saturated carbocycles. The molecule has 3 aromatic rings. The molecule has 2 heterocycles. The fourth-order valence-corrected chi connectivity index (χ4v) is 4.94. The van der Waals surface area contributed by atoms with E-state index in [-0.39, 0.29) is 23.3 Å². The van der Waals surface area contributed by atoms with E-state index in [1.54, 1.807) is 36.6 Å². The largest absolute Gasteiger partial charge is 0.497 e. The van der Waals surface area contributed by atoms with Gasteiger partial charge in [0.15, 0.2) is 0 Å². The van der Waals surface area contributed by atoms with Crippen molar-refractivity contribution in [1.82, 2.24) is 9.62 Å². The van der Waals surface area contributed by atoms with Gasteiger partial charge in [0.25, 0.3) is 0 Å². The number of sulfonamides is 1. The molecule has 1 aromatic heterocycles. The molecule has 0 amide bonds. The number of hydrogen-bond donors (Lipinski definition) is 1. The molecule has 1 atom stereocenters. The number of nitrogens with one attached hydrogen (secondary N) is 1. The fraction of sp³-hybridized carbons (Fsp3) is 0.304. The van der Waals surface area contributed by atoms with Gasteiger partial charge in [0.1, 0.15) is 17.3 Å². The van der Waals surface area contributed by atoms with Crippen LogP contribution in [0.4, 0.5) is 10.1 Å². The Kier molecular flexibility index (Phi) is 6.78. The van der Waals surface area contributed by atoms with Crippen molar-refractivity contribution in [3.63, 3.8) is 0 Å². The van der Waals surface area contributed by atoms with Crippen LogP contribution in [-0.2, 0) is 10.0 Å². The number of halogens is 1. The van der Waals surface area contributed by atoms with E-state index in [1.807, 2.05) is 17.0 Å². The summed E-state index contributed by atoms with van der Waals surface area (Å²) in [5.74, 6) is 1.03. The van der Waals surface area contributed by atoms with Gasteiger partial charge in [-0.25, -0.2) is 17.5 Å². The molecule has 0 spiro atoms. The maximum atomic E-state index is 14.2. The molecule has 1 aliphatic heterocycles. The molecule has 1 aliphatic rings. The van der Waals surface area contributed by atoms with Crippen LogP contribution in [0.5, 0.6) is 5.75 Å². The summed E-state index contributed by atoms with van der Waals surface area (Å²) in [5.41, 5.74) is 0.585. The van der Waals surface area contributed by atoms with Crippen molar-refractivity contribution in [3.05, 3.63) is 78.5 Å². The molecular formula is C23H26FN3O4S. The molecule has 9 heteroatoms. The molecule has 170 valence electrons. The van der Waals surface area contributed by atoms with E-state index in [1.165, 1.54) is 25.3 Å². The highest BCUT2D eigenvalue weighted by Gasteiger charge is 2.29. The Balaban J connectivity index is 1.45. The molecular weight excluding hydrogens is 433 g/mol. The molecule has 32 heavy (non-hydrogen) atoms. The van der Waals surface area contributed by atoms with Crippen molar-refractivity contribution in [2.45, 2.75) is 10.9 Å². The van der Waals surface area contributed by atoms with Gasteiger partial charge in [-0.05, 0) is 48.5 Å². The zero-order chi connectivity index (χ0) is 22.6. The third-order valence-corrected chi connectivity index (χ3v) is 7.10. The van der Waals surface area contributed by atoms with Crippen LogP contribution in [0.15, 0.2) is 76.2 Å². The Hall–Kier alpha value is -2.88. The first-order valence-corrected chi connectivity index (χ1v) is 11.9. The van der Waals surface area contributed by atoms with Crippen molar-refractivity contribution >= 4 is 15.7 Å². The molecule has 0 aliphatic carbocycles. The summed E-state index contributed by atoms with van der Waals surface area (Å²) in [7, 11) is -2.17. The number of para-hydroxylation sites is 1. The van der Waals surface area contributed by atoms with Gasteiger partial charge in [0.2, 0.25) is 10.0 Å². The van der Waals surface area contributed by atoms with Gasteiger partial charge in [0, 0.05) is 32.7 Å². The summed E-state index contributed by atoms with van der Waals surface area (Å²) in [6, 6.07) is 16.3. The first-order chi connectivity index (χ1) is 15.5. The van der Waals surface area contributed by atoms with Crippen LogP contribution >= 0.6 is 0 Å². The predicted octanol–water partition coefficient (Wildman–Crippen LogP) is 3.27. The van der Waals surface area contributed by atoms with Gasteiger partial charge in [-0.2, -0.15) is 0 Å². The Labute approximate surface area is 187 Å². The highest BCUT2D eigenvalue weighted by atomic mass is 32.2. The Morgan fingerprint density at radius 1 is 1.03 bits per heavy atom. The molecule has 1 N–H and O–H groups in total. The Bertz CT molecular complexity index is 1110. The van der Waals surface area contributed by atoms with Gasteiger partial charge in [-0.3, -0.25) is 4.90 Å². The van der Waals surface area contributed by atoms with Crippen LogP contribution in [0, 0.1) is 5.82 Å².